The standard InChI is InChI=1S/C30H35ClN2O5/c1-35-14-3-12-33-13-15-36-28-11-6-21(16-26(28)33)20-37-29-19-32-18-27(34)30(29)22-7-9-24(10-8-22)38-25-5-2-4-23(31)17-25/h2,4-11,16-17,27,29-30,32,34H,3,12-15,18-20H2,1H3/t27-,29+,30?/m1/s1. The fourth-order valence-electron chi connectivity index (χ4n) is 5.14. The summed E-state index contributed by atoms with van der Waals surface area (Å²) in [4.78, 5) is 2.35. The average molecular weight is 539 g/mol. The molecule has 1 saturated heterocycles. The van der Waals surface area contributed by atoms with E-state index in [0.29, 0.717) is 42.8 Å². The third-order valence-electron chi connectivity index (χ3n) is 7.03. The molecule has 2 aliphatic rings. The molecule has 7 nitrogen and oxygen atoms in total. The number of hydrogen-bond acceptors (Lipinski definition) is 7. The first kappa shape index (κ1) is 26.8. The molecule has 2 aliphatic heterocycles. The summed E-state index contributed by atoms with van der Waals surface area (Å²) in [6, 6.07) is 21.4. The van der Waals surface area contributed by atoms with Gasteiger partial charge in [-0.3, -0.25) is 0 Å². The van der Waals surface area contributed by atoms with E-state index < -0.39 is 6.10 Å². The molecule has 0 amide bonds. The Kier molecular flexibility index (Phi) is 9.04. The Morgan fingerprint density at radius 2 is 1.92 bits per heavy atom. The van der Waals surface area contributed by atoms with Gasteiger partial charge >= 0.3 is 0 Å². The monoisotopic (exact) mass is 538 g/mol. The number of aliphatic hydroxyl groups is 1. The van der Waals surface area contributed by atoms with Crippen molar-refractivity contribution in [3.05, 3.63) is 82.9 Å². The summed E-state index contributed by atoms with van der Waals surface area (Å²) in [5.41, 5.74) is 3.20. The molecule has 1 unspecified atom stereocenters. The van der Waals surface area contributed by atoms with E-state index in [2.05, 4.69) is 22.3 Å². The number of nitrogens with one attached hydrogen (secondary N) is 1. The van der Waals surface area contributed by atoms with Crippen LogP contribution >= 0.6 is 11.6 Å². The number of rotatable bonds is 10. The number of methoxy groups -OCH3 is 1. The molecule has 0 aliphatic carbocycles. The summed E-state index contributed by atoms with van der Waals surface area (Å²) in [6.07, 6.45) is 0.234. The average Bonchev–Trinajstić information content (AvgIpc) is 2.93. The van der Waals surface area contributed by atoms with Gasteiger partial charge in [-0.15, -0.1) is 0 Å². The minimum atomic E-state index is -0.554. The number of benzene rings is 3. The molecule has 0 bridgehead atoms. The van der Waals surface area contributed by atoms with Crippen molar-refractivity contribution in [3.8, 4) is 17.2 Å². The zero-order valence-electron chi connectivity index (χ0n) is 21.6. The maximum atomic E-state index is 10.9. The highest BCUT2D eigenvalue weighted by Gasteiger charge is 2.34. The SMILES string of the molecule is COCCCN1CCOc2ccc(CO[C@H]3CNC[C@@H](O)C3c3ccc(Oc4cccc(Cl)c4)cc3)cc21. The van der Waals surface area contributed by atoms with Crippen molar-refractivity contribution in [2.45, 2.75) is 31.2 Å². The van der Waals surface area contributed by atoms with Gasteiger partial charge in [-0.25, -0.2) is 0 Å². The first-order valence-corrected chi connectivity index (χ1v) is 13.5. The fraction of sp³-hybridized carbons (Fsp3) is 0.400. The molecule has 1 fully saturated rings. The lowest BCUT2D eigenvalue weighted by atomic mass is 9.85. The van der Waals surface area contributed by atoms with Crippen molar-refractivity contribution in [2.75, 3.05) is 51.4 Å². The topological polar surface area (TPSA) is 72.4 Å². The first-order valence-electron chi connectivity index (χ1n) is 13.1. The number of nitrogens with zero attached hydrogens (tertiary/aromatic N) is 1. The third kappa shape index (κ3) is 6.60. The van der Waals surface area contributed by atoms with Crippen molar-refractivity contribution in [1.29, 1.82) is 0 Å². The Hall–Kier alpha value is -2.81. The van der Waals surface area contributed by atoms with Gasteiger partial charge < -0.3 is 34.3 Å². The molecule has 0 saturated carbocycles. The van der Waals surface area contributed by atoms with E-state index in [9.17, 15) is 5.11 Å². The molecule has 3 aromatic rings. The van der Waals surface area contributed by atoms with Gasteiger partial charge in [0.15, 0.2) is 0 Å². The normalized spacial score (nSPS) is 21.0. The maximum absolute atomic E-state index is 10.9. The highest BCUT2D eigenvalue weighted by molar-refractivity contribution is 6.30. The molecule has 202 valence electrons. The zero-order valence-corrected chi connectivity index (χ0v) is 22.4. The highest BCUT2D eigenvalue weighted by atomic mass is 35.5. The molecule has 0 radical (unpaired) electrons. The van der Waals surface area contributed by atoms with Gasteiger partial charge in [-0.2, -0.15) is 0 Å². The minimum Gasteiger partial charge on any atom is -0.490 e. The lowest BCUT2D eigenvalue weighted by Crippen LogP contribution is -2.49. The van der Waals surface area contributed by atoms with Crippen LogP contribution in [0.3, 0.4) is 0 Å². The van der Waals surface area contributed by atoms with Crippen LogP contribution in [0.4, 0.5) is 5.69 Å². The minimum absolute atomic E-state index is 0.150. The molecule has 5 rings (SSSR count). The van der Waals surface area contributed by atoms with Crippen LogP contribution in [0.25, 0.3) is 0 Å². The number of piperidine rings is 1. The van der Waals surface area contributed by atoms with Crippen LogP contribution in [0, 0.1) is 0 Å². The molecule has 2 heterocycles. The Balaban J connectivity index is 1.25. The molecule has 0 spiro atoms. The van der Waals surface area contributed by atoms with Gasteiger partial charge in [0.25, 0.3) is 0 Å². The number of aliphatic hydroxyl groups excluding tert-OH is 1. The van der Waals surface area contributed by atoms with Crippen LogP contribution in [0.2, 0.25) is 5.02 Å². The number of ether oxygens (including phenoxy) is 4. The van der Waals surface area contributed by atoms with Crippen LogP contribution in [0.5, 0.6) is 17.2 Å². The molecule has 0 aromatic heterocycles. The summed E-state index contributed by atoms with van der Waals surface area (Å²) in [5.74, 6) is 2.15. The number of anilines is 1. The number of β-amino-alcohol motifs (C(OH)–C–C–N with tert-alkyl or cyclic N) is 1. The molecular formula is C30H35ClN2O5. The van der Waals surface area contributed by atoms with Gasteiger partial charge in [-0.1, -0.05) is 35.9 Å². The smallest absolute Gasteiger partial charge is 0.142 e. The summed E-state index contributed by atoms with van der Waals surface area (Å²) in [6.45, 7) is 4.85. The van der Waals surface area contributed by atoms with E-state index in [0.717, 1.165) is 48.7 Å². The zero-order chi connectivity index (χ0) is 26.3. The molecule has 3 aromatic carbocycles. The number of fused-ring (bicyclic) bond motifs is 1. The van der Waals surface area contributed by atoms with Crippen LogP contribution in [0.1, 0.15) is 23.5 Å². The van der Waals surface area contributed by atoms with Gasteiger partial charge in [-0.05, 0) is 60.0 Å². The molecule has 38 heavy (non-hydrogen) atoms. The molecule has 2 N–H and O–H groups in total. The first-order chi connectivity index (χ1) is 18.6. The van der Waals surface area contributed by atoms with E-state index in [1.165, 1.54) is 0 Å². The van der Waals surface area contributed by atoms with Crippen LogP contribution < -0.4 is 19.7 Å². The van der Waals surface area contributed by atoms with Crippen LogP contribution in [-0.2, 0) is 16.1 Å². The van der Waals surface area contributed by atoms with Crippen molar-refractivity contribution >= 4 is 17.3 Å². The van der Waals surface area contributed by atoms with E-state index in [1.807, 2.05) is 48.5 Å². The Morgan fingerprint density at radius 3 is 2.74 bits per heavy atom. The van der Waals surface area contributed by atoms with Gasteiger partial charge in [0.05, 0.1) is 31.0 Å². The molecule has 8 heteroatoms. The third-order valence-corrected chi connectivity index (χ3v) is 7.27. The van der Waals surface area contributed by atoms with Gasteiger partial charge in [0.1, 0.15) is 23.9 Å². The molecular weight excluding hydrogens is 504 g/mol. The number of hydrogen-bond donors (Lipinski definition) is 2. The Morgan fingerprint density at radius 1 is 1.05 bits per heavy atom. The predicted octanol–water partition coefficient (Wildman–Crippen LogP) is 5.00. The van der Waals surface area contributed by atoms with Crippen molar-refractivity contribution in [3.63, 3.8) is 0 Å². The van der Waals surface area contributed by atoms with Crippen LogP contribution in [-0.4, -0.2) is 63.8 Å². The quantitative estimate of drug-likeness (QED) is 0.352. The van der Waals surface area contributed by atoms with E-state index in [4.69, 9.17) is 30.5 Å². The summed E-state index contributed by atoms with van der Waals surface area (Å²) in [7, 11) is 1.73. The van der Waals surface area contributed by atoms with Crippen molar-refractivity contribution in [2.24, 2.45) is 0 Å². The lowest BCUT2D eigenvalue weighted by molar-refractivity contribution is -0.0328. The highest BCUT2D eigenvalue weighted by Crippen LogP contribution is 2.35. The Labute approximate surface area is 229 Å². The van der Waals surface area contributed by atoms with Crippen molar-refractivity contribution in [1.82, 2.24) is 5.32 Å². The largest absolute Gasteiger partial charge is 0.490 e. The molecule has 3 atom stereocenters. The van der Waals surface area contributed by atoms with E-state index in [-0.39, 0.29) is 12.0 Å². The number of halogens is 1. The Bertz CT molecular complexity index is 1190. The summed E-state index contributed by atoms with van der Waals surface area (Å²) >= 11 is 6.07. The predicted molar refractivity (Wildman–Crippen MR) is 149 cm³/mol. The van der Waals surface area contributed by atoms with E-state index >= 15 is 0 Å². The second-order valence-electron chi connectivity index (χ2n) is 9.71. The maximum Gasteiger partial charge on any atom is 0.142 e. The van der Waals surface area contributed by atoms with E-state index in [1.54, 1.807) is 13.2 Å². The second kappa shape index (κ2) is 12.8. The summed E-state index contributed by atoms with van der Waals surface area (Å²) < 4.78 is 23.5. The summed E-state index contributed by atoms with van der Waals surface area (Å²) in [5, 5.41) is 14.8. The van der Waals surface area contributed by atoms with Crippen LogP contribution in [0.15, 0.2) is 66.7 Å². The van der Waals surface area contributed by atoms with Gasteiger partial charge in [0.2, 0.25) is 0 Å². The fourth-order valence-corrected chi connectivity index (χ4v) is 5.32. The second-order valence-corrected chi connectivity index (χ2v) is 10.1. The lowest BCUT2D eigenvalue weighted by Gasteiger charge is -2.36. The van der Waals surface area contributed by atoms with Crippen molar-refractivity contribution < 1.29 is 24.1 Å². The van der Waals surface area contributed by atoms with Gasteiger partial charge in [0, 0.05) is 44.3 Å².